The molecule has 6 nitrogen and oxygen atoms in total. The van der Waals surface area contributed by atoms with E-state index in [4.69, 9.17) is 20.6 Å². The largest absolute Gasteiger partial charge is 0.478 e. The molecule has 0 radical (unpaired) electrons. The summed E-state index contributed by atoms with van der Waals surface area (Å²) in [4.78, 5) is 28.1. The minimum atomic E-state index is -4.39. The average Bonchev–Trinajstić information content (AvgIpc) is 2.15. The van der Waals surface area contributed by atoms with Gasteiger partial charge in [0.2, 0.25) is 0 Å². The summed E-state index contributed by atoms with van der Waals surface area (Å²) in [6, 6.07) is 5.06. The van der Waals surface area contributed by atoms with Gasteiger partial charge in [-0.25, -0.2) is 4.79 Å². The van der Waals surface area contributed by atoms with Gasteiger partial charge >= 0.3 is 13.6 Å². The predicted molar refractivity (Wildman–Crippen MR) is 52.4 cm³/mol. The highest BCUT2D eigenvalue weighted by Gasteiger charge is 2.26. The summed E-state index contributed by atoms with van der Waals surface area (Å²) in [5.74, 6) is -2.52. The van der Waals surface area contributed by atoms with Crippen LogP contribution in [-0.2, 0) is 4.57 Å². The maximum absolute atomic E-state index is 10.8. The molecule has 1 unspecified atom stereocenters. The van der Waals surface area contributed by atoms with E-state index in [1.807, 2.05) is 0 Å². The van der Waals surface area contributed by atoms with Crippen molar-refractivity contribution in [2.24, 2.45) is 5.73 Å². The molecule has 5 N–H and O–H groups in total. The van der Waals surface area contributed by atoms with Crippen LogP contribution in [0.1, 0.15) is 21.7 Å². The van der Waals surface area contributed by atoms with Gasteiger partial charge in [-0.1, -0.05) is 12.1 Å². The van der Waals surface area contributed by atoms with Crippen molar-refractivity contribution >= 4 is 13.6 Å². The van der Waals surface area contributed by atoms with Crippen molar-refractivity contribution in [3.63, 3.8) is 0 Å². The van der Waals surface area contributed by atoms with Crippen LogP contribution in [0.5, 0.6) is 0 Å². The summed E-state index contributed by atoms with van der Waals surface area (Å²) < 4.78 is 10.8. The molecule has 1 atom stereocenters. The third-order valence-corrected chi connectivity index (χ3v) is 2.88. The lowest BCUT2D eigenvalue weighted by molar-refractivity contribution is 0.0697. The molecule has 0 amide bonds. The van der Waals surface area contributed by atoms with Crippen molar-refractivity contribution in [1.29, 1.82) is 0 Å². The Labute approximate surface area is 85.5 Å². The van der Waals surface area contributed by atoms with Crippen LogP contribution in [0.3, 0.4) is 0 Å². The quantitative estimate of drug-likeness (QED) is 0.562. The number of carboxylic acids is 1. The predicted octanol–water partition coefficient (Wildman–Crippen LogP) is 0.520. The maximum atomic E-state index is 10.8. The molecule has 0 aromatic heterocycles. The van der Waals surface area contributed by atoms with E-state index < -0.39 is 19.3 Å². The van der Waals surface area contributed by atoms with E-state index in [1.165, 1.54) is 24.3 Å². The van der Waals surface area contributed by atoms with Crippen molar-refractivity contribution in [2.75, 3.05) is 0 Å². The third kappa shape index (κ3) is 2.87. The van der Waals surface area contributed by atoms with Gasteiger partial charge in [0.15, 0.2) is 0 Å². The van der Waals surface area contributed by atoms with Crippen LogP contribution >= 0.6 is 7.60 Å². The van der Waals surface area contributed by atoms with E-state index >= 15 is 0 Å². The van der Waals surface area contributed by atoms with E-state index in [-0.39, 0.29) is 11.1 Å². The van der Waals surface area contributed by atoms with Crippen LogP contribution in [0.15, 0.2) is 24.3 Å². The zero-order chi connectivity index (χ0) is 11.6. The van der Waals surface area contributed by atoms with Gasteiger partial charge < -0.3 is 20.6 Å². The maximum Gasteiger partial charge on any atom is 0.346 e. The van der Waals surface area contributed by atoms with Crippen molar-refractivity contribution in [2.45, 2.75) is 5.78 Å². The number of carboxylic acid groups (broad SMARTS) is 1. The minimum Gasteiger partial charge on any atom is -0.478 e. The first kappa shape index (κ1) is 11.9. The average molecular weight is 231 g/mol. The molecular formula is C8H10NO5P. The van der Waals surface area contributed by atoms with Crippen LogP contribution in [0.2, 0.25) is 0 Å². The number of aromatic carboxylic acids is 1. The van der Waals surface area contributed by atoms with E-state index in [0.717, 1.165) is 0 Å². The standard InChI is InChI=1S/C8H10NO5P/c9-7(15(12,13)14)5-1-3-6(4-2-5)8(10)11/h1-4,7H,9H2,(H,10,11)(H2,12,13,14). The van der Waals surface area contributed by atoms with Gasteiger partial charge in [0.1, 0.15) is 5.78 Å². The fraction of sp³-hybridized carbons (Fsp3) is 0.125. The van der Waals surface area contributed by atoms with Gasteiger partial charge in [-0.3, -0.25) is 4.57 Å². The van der Waals surface area contributed by atoms with Gasteiger partial charge in [0.25, 0.3) is 0 Å². The van der Waals surface area contributed by atoms with Crippen LogP contribution in [-0.4, -0.2) is 20.9 Å². The monoisotopic (exact) mass is 231 g/mol. The zero-order valence-electron chi connectivity index (χ0n) is 7.57. The van der Waals surface area contributed by atoms with Crippen LogP contribution in [0, 0.1) is 0 Å². The molecular weight excluding hydrogens is 221 g/mol. The number of carbonyl (C=O) groups is 1. The summed E-state index contributed by atoms with van der Waals surface area (Å²) in [6.45, 7) is 0. The first-order chi connectivity index (χ1) is 6.82. The highest BCUT2D eigenvalue weighted by atomic mass is 31.2. The molecule has 82 valence electrons. The van der Waals surface area contributed by atoms with Crippen LogP contribution in [0.4, 0.5) is 0 Å². The molecule has 0 bridgehead atoms. The lowest BCUT2D eigenvalue weighted by atomic mass is 10.1. The Morgan fingerprint density at radius 3 is 2.07 bits per heavy atom. The summed E-state index contributed by atoms with van der Waals surface area (Å²) in [5, 5.41) is 8.59. The smallest absolute Gasteiger partial charge is 0.346 e. The summed E-state index contributed by atoms with van der Waals surface area (Å²) in [5.41, 5.74) is 5.53. The van der Waals surface area contributed by atoms with Gasteiger partial charge in [-0.05, 0) is 17.7 Å². The second-order valence-corrected chi connectivity index (χ2v) is 4.70. The third-order valence-electron chi connectivity index (χ3n) is 1.86. The second kappa shape index (κ2) is 4.12. The number of nitrogens with two attached hydrogens (primary N) is 1. The first-order valence-electron chi connectivity index (χ1n) is 3.96. The lowest BCUT2D eigenvalue weighted by Gasteiger charge is -2.13. The zero-order valence-corrected chi connectivity index (χ0v) is 8.46. The molecule has 1 aromatic carbocycles. The van der Waals surface area contributed by atoms with Crippen molar-refractivity contribution < 1.29 is 24.3 Å². The molecule has 0 spiro atoms. The van der Waals surface area contributed by atoms with Gasteiger partial charge in [0, 0.05) is 0 Å². The molecule has 7 heteroatoms. The van der Waals surface area contributed by atoms with Gasteiger partial charge in [0.05, 0.1) is 5.56 Å². The Morgan fingerprint density at radius 1 is 1.27 bits per heavy atom. The van der Waals surface area contributed by atoms with Gasteiger partial charge in [-0.2, -0.15) is 0 Å². The minimum absolute atomic E-state index is 0.0386. The normalized spacial score (nSPS) is 13.5. The lowest BCUT2D eigenvalue weighted by Crippen LogP contribution is -2.10. The van der Waals surface area contributed by atoms with Crippen molar-refractivity contribution in [3.05, 3.63) is 35.4 Å². The second-order valence-electron chi connectivity index (χ2n) is 2.96. The van der Waals surface area contributed by atoms with E-state index in [2.05, 4.69) is 0 Å². The summed E-state index contributed by atoms with van der Waals surface area (Å²) in [6.07, 6.45) is 0. The fourth-order valence-electron chi connectivity index (χ4n) is 1.02. The van der Waals surface area contributed by atoms with Crippen LogP contribution < -0.4 is 5.73 Å². The number of hydrogen-bond acceptors (Lipinski definition) is 3. The topological polar surface area (TPSA) is 121 Å². The Kier molecular flexibility index (Phi) is 3.26. The van der Waals surface area contributed by atoms with E-state index in [1.54, 1.807) is 0 Å². The molecule has 0 fully saturated rings. The SMILES string of the molecule is NC(c1ccc(C(=O)O)cc1)P(=O)(O)O. The molecule has 1 rings (SSSR count). The molecule has 0 heterocycles. The molecule has 0 saturated heterocycles. The summed E-state index contributed by atoms with van der Waals surface area (Å²) >= 11 is 0. The molecule has 0 aliphatic rings. The Morgan fingerprint density at radius 2 is 1.73 bits per heavy atom. The summed E-state index contributed by atoms with van der Waals surface area (Å²) in [7, 11) is -4.39. The Balaban J connectivity index is 2.99. The van der Waals surface area contributed by atoms with Crippen molar-refractivity contribution in [1.82, 2.24) is 0 Å². The number of hydrogen-bond donors (Lipinski definition) is 4. The molecule has 15 heavy (non-hydrogen) atoms. The molecule has 0 saturated carbocycles. The van der Waals surface area contributed by atoms with Crippen molar-refractivity contribution in [3.8, 4) is 0 Å². The highest BCUT2D eigenvalue weighted by molar-refractivity contribution is 7.52. The Bertz CT molecular complexity index is 410. The highest BCUT2D eigenvalue weighted by Crippen LogP contribution is 2.47. The number of benzene rings is 1. The van der Waals surface area contributed by atoms with E-state index in [9.17, 15) is 9.36 Å². The fourth-order valence-corrected chi connectivity index (χ4v) is 1.58. The number of rotatable bonds is 3. The van der Waals surface area contributed by atoms with Crippen LogP contribution in [0.25, 0.3) is 0 Å². The first-order valence-corrected chi connectivity index (χ1v) is 5.64. The molecule has 1 aromatic rings. The molecule has 0 aliphatic heterocycles. The van der Waals surface area contributed by atoms with Gasteiger partial charge in [-0.15, -0.1) is 0 Å². The Hall–Kier alpha value is -1.20. The molecule has 0 aliphatic carbocycles. The van der Waals surface area contributed by atoms with E-state index in [0.29, 0.717) is 0 Å².